The molecule has 2 rings (SSSR count). The molecule has 0 amide bonds. The molecule has 0 bridgehead atoms. The van der Waals surface area contributed by atoms with Gasteiger partial charge in [-0.2, -0.15) is 5.16 Å². The summed E-state index contributed by atoms with van der Waals surface area (Å²) < 4.78 is 9.69. The van der Waals surface area contributed by atoms with E-state index in [1.807, 2.05) is 0 Å². The average Bonchev–Trinajstić information content (AvgIpc) is 2.60. The summed E-state index contributed by atoms with van der Waals surface area (Å²) in [5, 5.41) is 2.61. The number of benzene rings is 1. The van der Waals surface area contributed by atoms with Crippen molar-refractivity contribution in [2.24, 2.45) is 0 Å². The van der Waals surface area contributed by atoms with Gasteiger partial charge in [0.25, 0.3) is 5.56 Å². The van der Waals surface area contributed by atoms with Crippen molar-refractivity contribution in [1.29, 1.82) is 0 Å². The van der Waals surface area contributed by atoms with Crippen molar-refractivity contribution < 1.29 is 14.1 Å². The van der Waals surface area contributed by atoms with Crippen molar-refractivity contribution in [2.75, 3.05) is 6.61 Å². The van der Waals surface area contributed by atoms with Crippen LogP contribution in [0.3, 0.4) is 0 Å². The van der Waals surface area contributed by atoms with Crippen LogP contribution in [-0.2, 0) is 4.74 Å². The smallest absolute Gasteiger partial charge is 0.338 e. The van der Waals surface area contributed by atoms with Gasteiger partial charge in [-0.1, -0.05) is 0 Å². The van der Waals surface area contributed by atoms with Crippen molar-refractivity contribution >= 4 is 16.9 Å². The van der Waals surface area contributed by atoms with E-state index >= 15 is 0 Å². The zero-order chi connectivity index (χ0) is 10.8. The van der Waals surface area contributed by atoms with Gasteiger partial charge in [-0.25, -0.2) is 4.79 Å². The zero-order valence-corrected chi connectivity index (χ0v) is 8.07. The number of ether oxygens (including phenoxy) is 1. The molecule has 0 aliphatic carbocycles. The fraction of sp³-hybridized carbons (Fsp3) is 0.200. The molecule has 0 saturated heterocycles. The number of esters is 1. The molecule has 0 aliphatic heterocycles. The molecular weight excluding hydrogens is 198 g/mol. The summed E-state index contributed by atoms with van der Waals surface area (Å²) >= 11 is 0. The maximum Gasteiger partial charge on any atom is 0.338 e. The molecule has 1 aromatic heterocycles. The molecule has 5 heteroatoms. The topological polar surface area (TPSA) is 72.3 Å². The summed E-state index contributed by atoms with van der Waals surface area (Å²) in [5.74, 6) is -0.428. The highest BCUT2D eigenvalue weighted by Crippen LogP contribution is 2.12. The number of aromatic nitrogens is 1. The Kier molecular flexibility index (Phi) is 2.29. The van der Waals surface area contributed by atoms with E-state index in [1.165, 1.54) is 18.2 Å². The van der Waals surface area contributed by atoms with Crippen LogP contribution in [0.15, 0.2) is 27.5 Å². The third-order valence-electron chi connectivity index (χ3n) is 1.99. The molecular formula is C10H9NO4. The molecule has 1 aromatic carbocycles. The lowest BCUT2D eigenvalue weighted by Gasteiger charge is -1.99. The summed E-state index contributed by atoms with van der Waals surface area (Å²) in [6.07, 6.45) is 0. The first kappa shape index (κ1) is 9.51. The van der Waals surface area contributed by atoms with Gasteiger partial charge >= 0.3 is 5.97 Å². The van der Waals surface area contributed by atoms with Crippen molar-refractivity contribution in [3.63, 3.8) is 0 Å². The lowest BCUT2D eigenvalue weighted by molar-refractivity contribution is 0.0526. The van der Waals surface area contributed by atoms with Crippen LogP contribution in [0.2, 0.25) is 0 Å². The highest BCUT2D eigenvalue weighted by Gasteiger charge is 2.10. The predicted molar refractivity (Wildman–Crippen MR) is 52.8 cm³/mol. The summed E-state index contributed by atoms with van der Waals surface area (Å²) in [4.78, 5) is 22.5. The second-order valence-electron chi connectivity index (χ2n) is 2.96. The second-order valence-corrected chi connectivity index (χ2v) is 2.96. The molecule has 0 radical (unpaired) electrons. The van der Waals surface area contributed by atoms with Crippen LogP contribution in [0.4, 0.5) is 0 Å². The molecule has 5 nitrogen and oxygen atoms in total. The highest BCUT2D eigenvalue weighted by molar-refractivity contribution is 5.93. The number of carbonyl (C=O) groups is 1. The van der Waals surface area contributed by atoms with Gasteiger partial charge in [0.05, 0.1) is 17.6 Å². The molecule has 1 heterocycles. The van der Waals surface area contributed by atoms with Crippen LogP contribution in [0, 0.1) is 0 Å². The Bertz CT molecular complexity index is 552. The lowest BCUT2D eigenvalue weighted by Crippen LogP contribution is -2.04. The quantitative estimate of drug-likeness (QED) is 0.753. The number of aromatic amines is 1. The van der Waals surface area contributed by atoms with Gasteiger partial charge in [-0.15, -0.1) is 0 Å². The molecule has 2 aromatic rings. The van der Waals surface area contributed by atoms with E-state index < -0.39 is 5.97 Å². The van der Waals surface area contributed by atoms with E-state index in [2.05, 4.69) is 5.16 Å². The van der Waals surface area contributed by atoms with Gasteiger partial charge in [0.15, 0.2) is 5.58 Å². The summed E-state index contributed by atoms with van der Waals surface area (Å²) in [6.45, 7) is 2.04. The molecule has 0 saturated carbocycles. The Hall–Kier alpha value is -2.04. The third kappa shape index (κ3) is 1.63. The number of carbonyl (C=O) groups excluding carboxylic acids is 1. The first-order chi connectivity index (χ1) is 7.22. The van der Waals surface area contributed by atoms with Crippen LogP contribution in [0.1, 0.15) is 17.3 Å². The molecule has 0 fully saturated rings. The van der Waals surface area contributed by atoms with Crippen LogP contribution in [0.25, 0.3) is 11.0 Å². The van der Waals surface area contributed by atoms with E-state index in [4.69, 9.17) is 9.26 Å². The summed E-state index contributed by atoms with van der Waals surface area (Å²) in [7, 11) is 0. The molecule has 15 heavy (non-hydrogen) atoms. The average molecular weight is 207 g/mol. The Morgan fingerprint density at radius 1 is 1.53 bits per heavy atom. The normalized spacial score (nSPS) is 10.5. The summed E-state index contributed by atoms with van der Waals surface area (Å²) in [5.41, 5.74) is 0.415. The van der Waals surface area contributed by atoms with Crippen LogP contribution < -0.4 is 5.56 Å². The van der Waals surface area contributed by atoms with Crippen LogP contribution in [-0.4, -0.2) is 17.7 Å². The fourth-order valence-electron chi connectivity index (χ4n) is 1.29. The van der Waals surface area contributed by atoms with E-state index in [0.717, 1.165) is 0 Å². The number of nitrogens with one attached hydrogen (secondary N) is 1. The van der Waals surface area contributed by atoms with Crippen molar-refractivity contribution in [1.82, 2.24) is 5.16 Å². The Labute approximate surface area is 84.6 Å². The van der Waals surface area contributed by atoms with Gasteiger partial charge in [0, 0.05) is 0 Å². The summed E-state index contributed by atoms with van der Waals surface area (Å²) in [6, 6.07) is 4.54. The highest BCUT2D eigenvalue weighted by atomic mass is 16.5. The van der Waals surface area contributed by atoms with Gasteiger partial charge in [-0.05, 0) is 25.1 Å². The second kappa shape index (κ2) is 3.61. The maximum atomic E-state index is 11.3. The molecule has 78 valence electrons. The largest absolute Gasteiger partial charge is 0.462 e. The van der Waals surface area contributed by atoms with Gasteiger partial charge in [-0.3, -0.25) is 4.79 Å². The maximum absolute atomic E-state index is 11.3. The van der Waals surface area contributed by atoms with Crippen molar-refractivity contribution in [3.05, 3.63) is 34.1 Å². The number of rotatable bonds is 2. The SMILES string of the molecule is CCOC(=O)c1ccc2c(=O)[nH]oc2c1. The van der Waals surface area contributed by atoms with Gasteiger partial charge < -0.3 is 9.26 Å². The van der Waals surface area contributed by atoms with Gasteiger partial charge in [0.1, 0.15) is 0 Å². The number of hydrogen-bond donors (Lipinski definition) is 1. The zero-order valence-electron chi connectivity index (χ0n) is 8.07. The molecule has 0 aliphatic rings. The standard InChI is InChI=1S/C10H9NO4/c1-2-14-10(13)6-3-4-7-8(5-6)15-11-9(7)12/h3-5H,2H2,1H3,(H,11,12). The van der Waals surface area contributed by atoms with E-state index in [0.29, 0.717) is 23.1 Å². The molecule has 0 atom stereocenters. The van der Waals surface area contributed by atoms with E-state index in [9.17, 15) is 9.59 Å². The Balaban J connectivity index is 2.47. The first-order valence-electron chi connectivity index (χ1n) is 4.50. The Morgan fingerprint density at radius 2 is 2.33 bits per heavy atom. The molecule has 0 spiro atoms. The third-order valence-corrected chi connectivity index (χ3v) is 1.99. The lowest BCUT2D eigenvalue weighted by atomic mass is 10.2. The number of hydrogen-bond acceptors (Lipinski definition) is 4. The first-order valence-corrected chi connectivity index (χ1v) is 4.50. The van der Waals surface area contributed by atoms with Crippen molar-refractivity contribution in [2.45, 2.75) is 6.92 Å². The number of fused-ring (bicyclic) bond motifs is 1. The predicted octanol–water partition coefficient (Wildman–Crippen LogP) is 1.30. The minimum atomic E-state index is -0.428. The van der Waals surface area contributed by atoms with Crippen LogP contribution >= 0.6 is 0 Å². The minimum absolute atomic E-state index is 0.305. The minimum Gasteiger partial charge on any atom is -0.462 e. The number of H-pyrrole nitrogens is 1. The van der Waals surface area contributed by atoms with E-state index in [-0.39, 0.29) is 5.56 Å². The van der Waals surface area contributed by atoms with Crippen molar-refractivity contribution in [3.8, 4) is 0 Å². The molecule has 0 unspecified atom stereocenters. The molecule has 1 N–H and O–H groups in total. The van der Waals surface area contributed by atoms with E-state index in [1.54, 1.807) is 6.92 Å². The monoisotopic (exact) mass is 207 g/mol. The fourth-order valence-corrected chi connectivity index (χ4v) is 1.29. The van der Waals surface area contributed by atoms with Crippen LogP contribution in [0.5, 0.6) is 0 Å². The Morgan fingerprint density at radius 3 is 3.07 bits per heavy atom. The van der Waals surface area contributed by atoms with Gasteiger partial charge in [0.2, 0.25) is 0 Å².